The topological polar surface area (TPSA) is 41.0 Å². The summed E-state index contributed by atoms with van der Waals surface area (Å²) in [7, 11) is 0. The van der Waals surface area contributed by atoms with Crippen molar-refractivity contribution in [1.29, 1.82) is 0 Å². The summed E-state index contributed by atoms with van der Waals surface area (Å²) >= 11 is 1.71. The van der Waals surface area contributed by atoms with Gasteiger partial charge in [-0.25, -0.2) is 9.97 Å². The van der Waals surface area contributed by atoms with E-state index in [1.54, 1.807) is 17.7 Å². The molecule has 3 heterocycles. The third kappa shape index (κ3) is 3.10. The minimum atomic E-state index is 0.540. The normalized spacial score (nSPS) is 17.9. The van der Waals surface area contributed by atoms with Crippen LogP contribution in [0.2, 0.25) is 0 Å². The van der Waals surface area contributed by atoms with Crippen molar-refractivity contribution in [3.05, 3.63) is 17.8 Å². The van der Waals surface area contributed by atoms with Crippen LogP contribution >= 0.6 is 11.3 Å². The van der Waals surface area contributed by atoms with E-state index in [1.165, 1.54) is 37.2 Å². The second-order valence-corrected chi connectivity index (χ2v) is 6.89. The second-order valence-electron chi connectivity index (χ2n) is 5.97. The molecule has 0 atom stereocenters. The zero-order chi connectivity index (χ0) is 13.9. The molecule has 4 nitrogen and oxygen atoms in total. The fourth-order valence-corrected chi connectivity index (χ4v) is 3.66. The first-order valence-corrected chi connectivity index (χ1v) is 8.27. The van der Waals surface area contributed by atoms with Gasteiger partial charge in [0.25, 0.3) is 0 Å². The molecule has 0 saturated carbocycles. The maximum Gasteiger partial charge on any atom is 0.147 e. The standard InChI is InChI=1S/C15H22N4S/c1-11(2)9-19-6-3-12(4-7-19)18-15-14-13(5-8-20-14)16-10-17-15/h5,8,10-12H,3-4,6-7,9H2,1-2H3,(H,16,17,18). The molecule has 0 aromatic carbocycles. The van der Waals surface area contributed by atoms with Gasteiger partial charge in [-0.2, -0.15) is 0 Å². The van der Waals surface area contributed by atoms with E-state index in [-0.39, 0.29) is 0 Å². The molecule has 3 rings (SSSR count). The maximum atomic E-state index is 4.42. The van der Waals surface area contributed by atoms with Gasteiger partial charge >= 0.3 is 0 Å². The Morgan fingerprint density at radius 1 is 1.35 bits per heavy atom. The molecule has 1 fully saturated rings. The van der Waals surface area contributed by atoms with Gasteiger partial charge in [0, 0.05) is 25.7 Å². The summed E-state index contributed by atoms with van der Waals surface area (Å²) < 4.78 is 1.18. The second kappa shape index (κ2) is 6.06. The number of fused-ring (bicyclic) bond motifs is 1. The molecule has 5 heteroatoms. The maximum absolute atomic E-state index is 4.42. The minimum absolute atomic E-state index is 0.540. The van der Waals surface area contributed by atoms with Gasteiger partial charge in [0.05, 0.1) is 10.2 Å². The lowest BCUT2D eigenvalue weighted by Crippen LogP contribution is -2.40. The Morgan fingerprint density at radius 2 is 2.15 bits per heavy atom. The van der Waals surface area contributed by atoms with Crippen LogP contribution in [0, 0.1) is 5.92 Å². The summed E-state index contributed by atoms with van der Waals surface area (Å²) in [6.45, 7) is 8.18. The average molecular weight is 290 g/mol. The molecule has 0 aliphatic carbocycles. The van der Waals surface area contributed by atoms with Gasteiger partial charge in [-0.1, -0.05) is 13.8 Å². The van der Waals surface area contributed by atoms with Crippen LogP contribution in [0.3, 0.4) is 0 Å². The lowest BCUT2D eigenvalue weighted by atomic mass is 10.0. The van der Waals surface area contributed by atoms with E-state index in [1.807, 2.05) is 0 Å². The van der Waals surface area contributed by atoms with Crippen molar-refractivity contribution in [1.82, 2.24) is 14.9 Å². The number of piperidine rings is 1. The highest BCUT2D eigenvalue weighted by atomic mass is 32.1. The molecule has 2 aromatic heterocycles. The molecule has 0 spiro atoms. The predicted molar refractivity (Wildman–Crippen MR) is 85.3 cm³/mol. The van der Waals surface area contributed by atoms with E-state index >= 15 is 0 Å². The number of hydrogen-bond donors (Lipinski definition) is 1. The van der Waals surface area contributed by atoms with Crippen LogP contribution in [0.1, 0.15) is 26.7 Å². The van der Waals surface area contributed by atoms with Gasteiger partial charge in [-0.3, -0.25) is 0 Å². The van der Waals surface area contributed by atoms with E-state index in [0.29, 0.717) is 6.04 Å². The van der Waals surface area contributed by atoms with E-state index in [9.17, 15) is 0 Å². The molecule has 1 N–H and O–H groups in total. The number of aromatic nitrogens is 2. The Kier molecular flexibility index (Phi) is 4.17. The zero-order valence-corrected chi connectivity index (χ0v) is 13.0. The van der Waals surface area contributed by atoms with Crippen molar-refractivity contribution >= 4 is 27.4 Å². The molecule has 0 amide bonds. The molecule has 2 aromatic rings. The summed E-state index contributed by atoms with van der Waals surface area (Å²) in [4.78, 5) is 11.3. The van der Waals surface area contributed by atoms with E-state index < -0.39 is 0 Å². The summed E-state index contributed by atoms with van der Waals surface area (Å²) in [6.07, 6.45) is 4.05. The van der Waals surface area contributed by atoms with Crippen molar-refractivity contribution < 1.29 is 0 Å². The summed E-state index contributed by atoms with van der Waals surface area (Å²) in [5.74, 6) is 1.76. The monoisotopic (exact) mass is 290 g/mol. The van der Waals surface area contributed by atoms with Crippen molar-refractivity contribution in [2.75, 3.05) is 25.0 Å². The Balaban J connectivity index is 1.61. The van der Waals surface area contributed by atoms with E-state index in [2.05, 4.69) is 45.5 Å². The molecular weight excluding hydrogens is 268 g/mol. The minimum Gasteiger partial charge on any atom is -0.366 e. The Morgan fingerprint density at radius 3 is 2.90 bits per heavy atom. The summed E-state index contributed by atoms with van der Waals surface area (Å²) in [6, 6.07) is 2.59. The lowest BCUT2D eigenvalue weighted by molar-refractivity contribution is 0.198. The van der Waals surface area contributed by atoms with Gasteiger partial charge in [0.1, 0.15) is 12.1 Å². The third-order valence-electron chi connectivity index (χ3n) is 3.79. The molecule has 1 aliphatic heterocycles. The number of hydrogen-bond acceptors (Lipinski definition) is 5. The molecular formula is C15H22N4S. The van der Waals surface area contributed by atoms with Crippen LogP contribution in [-0.2, 0) is 0 Å². The highest BCUT2D eigenvalue weighted by Crippen LogP contribution is 2.26. The predicted octanol–water partition coefficient (Wildman–Crippen LogP) is 3.22. The van der Waals surface area contributed by atoms with Crippen LogP contribution in [0.25, 0.3) is 10.2 Å². The first-order chi connectivity index (χ1) is 9.72. The van der Waals surface area contributed by atoms with Gasteiger partial charge in [-0.05, 0) is 30.2 Å². The van der Waals surface area contributed by atoms with E-state index in [0.717, 1.165) is 17.3 Å². The van der Waals surface area contributed by atoms with Crippen LogP contribution in [0.15, 0.2) is 17.8 Å². The third-order valence-corrected chi connectivity index (χ3v) is 4.71. The molecule has 20 heavy (non-hydrogen) atoms. The number of anilines is 1. The Hall–Kier alpha value is -1.20. The number of rotatable bonds is 4. The smallest absolute Gasteiger partial charge is 0.147 e. The van der Waals surface area contributed by atoms with Crippen molar-refractivity contribution in [3.63, 3.8) is 0 Å². The molecule has 0 radical (unpaired) electrons. The molecule has 1 aliphatic rings. The van der Waals surface area contributed by atoms with Crippen molar-refractivity contribution in [2.45, 2.75) is 32.7 Å². The first-order valence-electron chi connectivity index (χ1n) is 7.39. The highest BCUT2D eigenvalue weighted by Gasteiger charge is 2.20. The SMILES string of the molecule is CC(C)CN1CCC(Nc2ncnc3ccsc23)CC1. The van der Waals surface area contributed by atoms with Crippen molar-refractivity contribution in [3.8, 4) is 0 Å². The highest BCUT2D eigenvalue weighted by molar-refractivity contribution is 7.17. The first kappa shape index (κ1) is 13.8. The lowest BCUT2D eigenvalue weighted by Gasteiger charge is -2.33. The fraction of sp³-hybridized carbons (Fsp3) is 0.600. The summed E-state index contributed by atoms with van der Waals surface area (Å²) in [5, 5.41) is 5.70. The Bertz CT molecular complexity index is 558. The molecule has 108 valence electrons. The zero-order valence-electron chi connectivity index (χ0n) is 12.2. The van der Waals surface area contributed by atoms with Crippen molar-refractivity contribution in [2.24, 2.45) is 5.92 Å². The van der Waals surface area contributed by atoms with Crippen LogP contribution in [-0.4, -0.2) is 40.5 Å². The number of likely N-dealkylation sites (tertiary alicyclic amines) is 1. The van der Waals surface area contributed by atoms with Gasteiger partial charge in [-0.15, -0.1) is 11.3 Å². The summed E-state index contributed by atoms with van der Waals surface area (Å²) in [5.41, 5.74) is 1.05. The molecule has 0 unspecified atom stereocenters. The number of thiophene rings is 1. The van der Waals surface area contributed by atoms with Crippen LogP contribution < -0.4 is 5.32 Å². The Labute approximate surface area is 124 Å². The van der Waals surface area contributed by atoms with Crippen LogP contribution in [0.5, 0.6) is 0 Å². The largest absolute Gasteiger partial charge is 0.366 e. The van der Waals surface area contributed by atoms with Gasteiger partial charge < -0.3 is 10.2 Å². The fourth-order valence-electron chi connectivity index (χ4n) is 2.86. The molecule has 0 bridgehead atoms. The van der Waals surface area contributed by atoms with E-state index in [4.69, 9.17) is 0 Å². The number of nitrogens with one attached hydrogen (secondary N) is 1. The molecule has 1 saturated heterocycles. The van der Waals surface area contributed by atoms with Crippen LogP contribution in [0.4, 0.5) is 5.82 Å². The van der Waals surface area contributed by atoms with Gasteiger partial charge in [0.2, 0.25) is 0 Å². The quantitative estimate of drug-likeness (QED) is 0.938. The van der Waals surface area contributed by atoms with Gasteiger partial charge in [0.15, 0.2) is 0 Å². The average Bonchev–Trinajstić information content (AvgIpc) is 2.90. The number of nitrogens with zero attached hydrogens (tertiary/aromatic N) is 3.